The van der Waals surface area contributed by atoms with Crippen molar-refractivity contribution in [2.45, 2.75) is 45.6 Å². The molecule has 5 nitrogen and oxygen atoms in total. The zero-order chi connectivity index (χ0) is 25.1. The Morgan fingerprint density at radius 3 is 2.22 bits per heavy atom. The van der Waals surface area contributed by atoms with Gasteiger partial charge < -0.3 is 15.1 Å². The summed E-state index contributed by atoms with van der Waals surface area (Å²) in [5.41, 5.74) is 5.66. The van der Waals surface area contributed by atoms with E-state index in [-0.39, 0.29) is 23.8 Å². The lowest BCUT2D eigenvalue weighted by molar-refractivity contribution is -0.123. The SMILES string of the molecule is Cc1cccc(C)c1C(=O)N1CCCC(C(=O)Nc2cccc(N3CCCC3)c2)C1c1ccccc1. The topological polar surface area (TPSA) is 52.7 Å². The maximum absolute atomic E-state index is 13.9. The third-order valence-electron chi connectivity index (χ3n) is 7.65. The second-order valence-corrected chi connectivity index (χ2v) is 10.1. The lowest BCUT2D eigenvalue weighted by Gasteiger charge is -2.41. The van der Waals surface area contributed by atoms with Crippen LogP contribution in [0.1, 0.15) is 58.8 Å². The molecule has 1 N–H and O–H groups in total. The minimum absolute atomic E-state index is 0.00739. The largest absolute Gasteiger partial charge is 0.371 e. The number of nitrogens with zero attached hydrogens (tertiary/aromatic N) is 2. The van der Waals surface area contributed by atoms with Crippen molar-refractivity contribution in [1.29, 1.82) is 0 Å². The van der Waals surface area contributed by atoms with E-state index < -0.39 is 0 Å². The number of anilines is 2. The maximum atomic E-state index is 13.9. The predicted molar refractivity (Wildman–Crippen MR) is 145 cm³/mol. The fourth-order valence-electron chi connectivity index (χ4n) is 5.85. The van der Waals surface area contributed by atoms with Crippen molar-refractivity contribution in [3.63, 3.8) is 0 Å². The molecule has 2 atom stereocenters. The molecule has 2 saturated heterocycles. The number of hydrogen-bond donors (Lipinski definition) is 1. The van der Waals surface area contributed by atoms with Crippen molar-refractivity contribution in [3.8, 4) is 0 Å². The molecule has 36 heavy (non-hydrogen) atoms. The zero-order valence-corrected chi connectivity index (χ0v) is 21.2. The molecular formula is C31H35N3O2. The van der Waals surface area contributed by atoms with Crippen molar-refractivity contribution in [2.75, 3.05) is 29.9 Å². The van der Waals surface area contributed by atoms with Crippen LogP contribution in [0.4, 0.5) is 11.4 Å². The van der Waals surface area contributed by atoms with Crippen LogP contribution in [0.3, 0.4) is 0 Å². The van der Waals surface area contributed by atoms with Crippen LogP contribution in [0.25, 0.3) is 0 Å². The first kappa shape index (κ1) is 24.1. The molecule has 2 heterocycles. The molecule has 0 aliphatic carbocycles. The summed E-state index contributed by atoms with van der Waals surface area (Å²) in [5.74, 6) is -0.348. The number of benzene rings is 3. The maximum Gasteiger partial charge on any atom is 0.254 e. The van der Waals surface area contributed by atoms with Gasteiger partial charge in [-0.3, -0.25) is 9.59 Å². The van der Waals surface area contributed by atoms with E-state index in [1.807, 2.05) is 79.4 Å². The Bertz CT molecular complexity index is 1210. The third kappa shape index (κ3) is 4.88. The van der Waals surface area contributed by atoms with Crippen LogP contribution in [0.2, 0.25) is 0 Å². The second-order valence-electron chi connectivity index (χ2n) is 10.1. The number of carbonyl (C=O) groups is 2. The first-order valence-electron chi connectivity index (χ1n) is 13.1. The molecule has 0 radical (unpaired) electrons. The van der Waals surface area contributed by atoms with Gasteiger partial charge in [0.25, 0.3) is 5.91 Å². The average molecular weight is 482 g/mol. The highest BCUT2D eigenvalue weighted by atomic mass is 16.2. The van der Waals surface area contributed by atoms with Gasteiger partial charge in [0.1, 0.15) is 0 Å². The van der Waals surface area contributed by atoms with Crippen LogP contribution in [0.15, 0.2) is 72.8 Å². The number of rotatable bonds is 5. The van der Waals surface area contributed by atoms with Crippen molar-refractivity contribution in [3.05, 3.63) is 95.1 Å². The molecule has 3 aromatic rings. The number of carbonyl (C=O) groups excluding carboxylic acids is 2. The highest BCUT2D eigenvalue weighted by Crippen LogP contribution is 2.38. The molecule has 0 spiro atoms. The Balaban J connectivity index is 1.45. The van der Waals surface area contributed by atoms with E-state index in [0.29, 0.717) is 6.54 Å². The minimum atomic E-state index is -0.329. The molecule has 2 aliphatic rings. The van der Waals surface area contributed by atoms with Gasteiger partial charge in [-0.1, -0.05) is 54.6 Å². The van der Waals surface area contributed by atoms with Crippen LogP contribution in [0.5, 0.6) is 0 Å². The quantitative estimate of drug-likeness (QED) is 0.477. The Morgan fingerprint density at radius 2 is 1.50 bits per heavy atom. The molecule has 2 unspecified atom stereocenters. The summed E-state index contributed by atoms with van der Waals surface area (Å²) in [7, 11) is 0. The van der Waals surface area contributed by atoms with Crippen molar-refractivity contribution >= 4 is 23.2 Å². The van der Waals surface area contributed by atoms with Crippen LogP contribution >= 0.6 is 0 Å². The summed E-state index contributed by atoms with van der Waals surface area (Å²) in [6.07, 6.45) is 3.96. The van der Waals surface area contributed by atoms with Gasteiger partial charge >= 0.3 is 0 Å². The summed E-state index contributed by atoms with van der Waals surface area (Å²) in [6.45, 7) is 6.73. The Morgan fingerprint density at radius 1 is 0.806 bits per heavy atom. The number of hydrogen-bond acceptors (Lipinski definition) is 3. The zero-order valence-electron chi connectivity index (χ0n) is 21.2. The van der Waals surface area contributed by atoms with E-state index in [0.717, 1.165) is 59.6 Å². The van der Waals surface area contributed by atoms with Gasteiger partial charge in [-0.15, -0.1) is 0 Å². The molecule has 186 valence electrons. The number of aryl methyl sites for hydroxylation is 2. The van der Waals surface area contributed by atoms with Gasteiger partial charge in [-0.2, -0.15) is 0 Å². The highest BCUT2D eigenvalue weighted by molar-refractivity contribution is 5.99. The van der Waals surface area contributed by atoms with Gasteiger partial charge in [0.2, 0.25) is 5.91 Å². The van der Waals surface area contributed by atoms with E-state index in [1.165, 1.54) is 12.8 Å². The molecule has 0 aromatic heterocycles. The molecule has 5 rings (SSSR count). The smallest absolute Gasteiger partial charge is 0.254 e. The lowest BCUT2D eigenvalue weighted by Crippen LogP contribution is -2.46. The monoisotopic (exact) mass is 481 g/mol. The Labute approximate surface area is 214 Å². The summed E-state index contributed by atoms with van der Waals surface area (Å²) < 4.78 is 0. The van der Waals surface area contributed by atoms with Crippen LogP contribution < -0.4 is 10.2 Å². The first-order valence-corrected chi connectivity index (χ1v) is 13.1. The van der Waals surface area contributed by atoms with Gasteiger partial charge in [0.15, 0.2) is 0 Å². The summed E-state index contributed by atoms with van der Waals surface area (Å²) in [4.78, 5) is 32.0. The molecule has 3 aromatic carbocycles. The molecular weight excluding hydrogens is 446 g/mol. The Hall–Kier alpha value is -3.60. The van der Waals surface area contributed by atoms with Gasteiger partial charge in [-0.25, -0.2) is 0 Å². The second kappa shape index (κ2) is 10.6. The van der Waals surface area contributed by atoms with E-state index >= 15 is 0 Å². The van der Waals surface area contributed by atoms with Gasteiger partial charge in [0, 0.05) is 36.6 Å². The standard InChI is InChI=1S/C31H35N3O2/c1-22-11-8-12-23(2)28(22)31(36)34-20-10-17-27(29(34)24-13-4-3-5-14-24)30(35)32-25-15-9-16-26(21-25)33-18-6-7-19-33/h3-5,8-9,11-16,21,27,29H,6-7,10,17-20H2,1-2H3,(H,32,35). The first-order chi connectivity index (χ1) is 17.5. The lowest BCUT2D eigenvalue weighted by atomic mass is 9.83. The predicted octanol–water partition coefficient (Wildman–Crippen LogP) is 6.14. The van der Waals surface area contributed by atoms with Crippen molar-refractivity contribution in [2.24, 2.45) is 5.92 Å². The fourth-order valence-corrected chi connectivity index (χ4v) is 5.85. The van der Waals surface area contributed by atoms with Gasteiger partial charge in [-0.05, 0) is 74.4 Å². The number of nitrogens with one attached hydrogen (secondary N) is 1. The average Bonchev–Trinajstić information content (AvgIpc) is 3.44. The molecule has 0 bridgehead atoms. The normalized spacial score (nSPS) is 19.8. The summed E-state index contributed by atoms with van der Waals surface area (Å²) in [6, 6.07) is 23.8. The van der Waals surface area contributed by atoms with E-state index in [9.17, 15) is 9.59 Å². The highest BCUT2D eigenvalue weighted by Gasteiger charge is 2.40. The molecule has 5 heteroatoms. The summed E-state index contributed by atoms with van der Waals surface area (Å²) in [5, 5.41) is 3.19. The van der Waals surface area contributed by atoms with Crippen molar-refractivity contribution in [1.82, 2.24) is 4.90 Å². The molecule has 2 amide bonds. The molecule has 0 saturated carbocycles. The van der Waals surface area contributed by atoms with E-state index in [2.05, 4.69) is 22.3 Å². The van der Waals surface area contributed by atoms with Gasteiger partial charge in [0.05, 0.1) is 12.0 Å². The van der Waals surface area contributed by atoms with E-state index in [4.69, 9.17) is 0 Å². The van der Waals surface area contributed by atoms with Crippen LogP contribution in [-0.2, 0) is 4.79 Å². The van der Waals surface area contributed by atoms with E-state index in [1.54, 1.807) is 0 Å². The fraction of sp³-hybridized carbons (Fsp3) is 0.355. The van der Waals surface area contributed by atoms with Crippen molar-refractivity contribution < 1.29 is 9.59 Å². The Kier molecular flexibility index (Phi) is 7.08. The third-order valence-corrected chi connectivity index (χ3v) is 7.65. The number of likely N-dealkylation sites (tertiary alicyclic amines) is 1. The number of piperidine rings is 1. The van der Waals surface area contributed by atoms with Crippen LogP contribution in [-0.4, -0.2) is 36.3 Å². The molecule has 2 aliphatic heterocycles. The number of amides is 2. The molecule has 2 fully saturated rings. The summed E-state index contributed by atoms with van der Waals surface area (Å²) >= 11 is 0. The minimum Gasteiger partial charge on any atom is -0.371 e. The van der Waals surface area contributed by atoms with Crippen LogP contribution in [0, 0.1) is 19.8 Å².